The third kappa shape index (κ3) is 2.34. The molecule has 106 valence electrons. The average Bonchev–Trinajstić information content (AvgIpc) is 3.04. The zero-order chi connectivity index (χ0) is 15.0. The molecule has 0 fully saturated rings. The van der Waals surface area contributed by atoms with E-state index < -0.39 is 11.8 Å². The summed E-state index contributed by atoms with van der Waals surface area (Å²) in [5.74, 6) is -1.26. The third-order valence-corrected chi connectivity index (χ3v) is 3.68. The second-order valence-electron chi connectivity index (χ2n) is 4.37. The largest absolute Gasteiger partial charge is 0.364 e. The van der Waals surface area contributed by atoms with Crippen LogP contribution in [0.15, 0.2) is 18.2 Å². The van der Waals surface area contributed by atoms with Crippen LogP contribution in [0.1, 0.15) is 26.5 Å². The van der Waals surface area contributed by atoms with E-state index in [1.54, 1.807) is 0 Å². The maximum absolute atomic E-state index is 12.3. The highest BCUT2D eigenvalue weighted by molar-refractivity contribution is 7.13. The van der Waals surface area contributed by atoms with Crippen LogP contribution in [-0.2, 0) is 0 Å². The highest BCUT2D eigenvalue weighted by atomic mass is 32.1. The summed E-state index contributed by atoms with van der Waals surface area (Å²) in [6.45, 7) is 1.93. The van der Waals surface area contributed by atoms with E-state index in [9.17, 15) is 9.59 Å². The molecule has 3 aromatic rings. The smallest absolute Gasteiger partial charge is 0.277 e. The van der Waals surface area contributed by atoms with Crippen molar-refractivity contribution in [2.75, 3.05) is 5.32 Å². The number of nitrogens with two attached hydrogens (primary N) is 1. The summed E-state index contributed by atoms with van der Waals surface area (Å²) in [7, 11) is 0. The number of hydrogen-bond donors (Lipinski definition) is 3. The number of primary amides is 1. The van der Waals surface area contributed by atoms with Gasteiger partial charge in [0.15, 0.2) is 11.5 Å². The zero-order valence-electron chi connectivity index (χ0n) is 10.9. The van der Waals surface area contributed by atoms with Gasteiger partial charge in [0.2, 0.25) is 0 Å². The minimum absolute atomic E-state index is 0.0127. The van der Waals surface area contributed by atoms with E-state index in [2.05, 4.69) is 25.1 Å². The van der Waals surface area contributed by atoms with Crippen LogP contribution in [0.2, 0.25) is 0 Å². The number of aryl methyl sites for hydroxylation is 1. The van der Waals surface area contributed by atoms with Crippen LogP contribution >= 0.6 is 11.5 Å². The predicted octanol–water partition coefficient (Wildman–Crippen LogP) is 1.07. The first-order valence-corrected chi connectivity index (χ1v) is 6.71. The van der Waals surface area contributed by atoms with E-state index in [-0.39, 0.29) is 17.2 Å². The van der Waals surface area contributed by atoms with Gasteiger partial charge in [0.05, 0.1) is 4.70 Å². The van der Waals surface area contributed by atoms with Gasteiger partial charge in [-0.3, -0.25) is 9.59 Å². The summed E-state index contributed by atoms with van der Waals surface area (Å²) in [6.07, 6.45) is 0. The molecular weight excluding hydrogens is 292 g/mol. The van der Waals surface area contributed by atoms with Gasteiger partial charge in [0, 0.05) is 5.39 Å². The first kappa shape index (κ1) is 13.2. The van der Waals surface area contributed by atoms with Crippen molar-refractivity contribution < 1.29 is 9.59 Å². The fourth-order valence-corrected chi connectivity index (χ4v) is 2.63. The summed E-state index contributed by atoms with van der Waals surface area (Å²) < 4.78 is 5.05. The summed E-state index contributed by atoms with van der Waals surface area (Å²) in [4.78, 5) is 23.4. The number of carbonyl (C=O) groups excluding carboxylic acids is 2. The van der Waals surface area contributed by atoms with Crippen molar-refractivity contribution in [1.82, 2.24) is 19.8 Å². The molecule has 0 bridgehead atoms. The molecular formula is C12H10N6O2S. The standard InChI is InChI=1S/C12H10N6O2S/c1-5-2-3-7-6(4-5)8(17-21-7)12(20)14-11-9(10(13)19)15-18-16-11/h2-4H,1H3,(H2,13,19)(H2,14,15,16,18,20). The maximum Gasteiger partial charge on any atom is 0.277 e. The lowest BCUT2D eigenvalue weighted by molar-refractivity contribution is 0.0996. The average molecular weight is 302 g/mol. The molecule has 0 aliphatic carbocycles. The topological polar surface area (TPSA) is 127 Å². The van der Waals surface area contributed by atoms with Gasteiger partial charge in [-0.05, 0) is 30.6 Å². The normalized spacial score (nSPS) is 10.7. The summed E-state index contributed by atoms with van der Waals surface area (Å²) in [5.41, 5.74) is 6.31. The SMILES string of the molecule is Cc1ccc2snc(C(=O)Nc3n[nH]nc3C(N)=O)c2c1. The van der Waals surface area contributed by atoms with E-state index in [1.807, 2.05) is 25.1 Å². The molecule has 0 aliphatic rings. The van der Waals surface area contributed by atoms with Crippen molar-refractivity contribution in [3.8, 4) is 0 Å². The van der Waals surface area contributed by atoms with Crippen LogP contribution in [0.4, 0.5) is 5.82 Å². The number of nitrogens with one attached hydrogen (secondary N) is 2. The molecule has 2 amide bonds. The van der Waals surface area contributed by atoms with Crippen LogP contribution in [0.5, 0.6) is 0 Å². The number of carbonyl (C=O) groups is 2. The van der Waals surface area contributed by atoms with E-state index in [0.29, 0.717) is 0 Å². The number of hydrogen-bond acceptors (Lipinski definition) is 6. The lowest BCUT2D eigenvalue weighted by Crippen LogP contribution is -2.18. The molecule has 4 N–H and O–H groups in total. The highest BCUT2D eigenvalue weighted by Crippen LogP contribution is 2.24. The second kappa shape index (κ2) is 4.94. The van der Waals surface area contributed by atoms with Gasteiger partial charge in [-0.25, -0.2) is 0 Å². The zero-order valence-corrected chi connectivity index (χ0v) is 11.7. The monoisotopic (exact) mass is 302 g/mol. The van der Waals surface area contributed by atoms with E-state index in [4.69, 9.17) is 5.73 Å². The quantitative estimate of drug-likeness (QED) is 0.667. The molecule has 9 heteroatoms. The Morgan fingerprint density at radius 2 is 2.10 bits per heavy atom. The summed E-state index contributed by atoms with van der Waals surface area (Å²) in [6, 6.07) is 5.74. The van der Waals surface area contributed by atoms with E-state index >= 15 is 0 Å². The van der Waals surface area contributed by atoms with Gasteiger partial charge < -0.3 is 11.1 Å². The number of aromatic nitrogens is 4. The Kier molecular flexibility index (Phi) is 3.10. The summed E-state index contributed by atoms with van der Waals surface area (Å²) >= 11 is 1.23. The van der Waals surface area contributed by atoms with Crippen LogP contribution < -0.4 is 11.1 Å². The van der Waals surface area contributed by atoms with Crippen molar-refractivity contribution in [3.63, 3.8) is 0 Å². The molecule has 3 rings (SSSR count). The second-order valence-corrected chi connectivity index (χ2v) is 5.17. The van der Waals surface area contributed by atoms with Gasteiger partial charge >= 0.3 is 0 Å². The maximum atomic E-state index is 12.3. The first-order valence-electron chi connectivity index (χ1n) is 5.94. The fraction of sp³-hybridized carbons (Fsp3) is 0.0833. The lowest BCUT2D eigenvalue weighted by atomic mass is 10.1. The Bertz CT molecular complexity index is 852. The third-order valence-electron chi connectivity index (χ3n) is 2.85. The number of fused-ring (bicyclic) bond motifs is 1. The molecule has 2 aromatic heterocycles. The number of nitrogens with zero attached hydrogens (tertiary/aromatic N) is 3. The van der Waals surface area contributed by atoms with Crippen LogP contribution in [-0.4, -0.2) is 31.6 Å². The van der Waals surface area contributed by atoms with Gasteiger partial charge in [-0.1, -0.05) is 11.6 Å². The molecule has 0 aliphatic heterocycles. The number of H-pyrrole nitrogens is 1. The number of anilines is 1. The molecule has 0 saturated carbocycles. The molecule has 0 unspecified atom stereocenters. The van der Waals surface area contributed by atoms with E-state index in [0.717, 1.165) is 15.6 Å². The van der Waals surface area contributed by atoms with Crippen molar-refractivity contribution in [2.24, 2.45) is 5.73 Å². The van der Waals surface area contributed by atoms with Crippen molar-refractivity contribution in [1.29, 1.82) is 0 Å². The van der Waals surface area contributed by atoms with Crippen LogP contribution in [0.25, 0.3) is 10.1 Å². The highest BCUT2D eigenvalue weighted by Gasteiger charge is 2.20. The molecule has 2 heterocycles. The molecule has 1 aromatic carbocycles. The fourth-order valence-electron chi connectivity index (χ4n) is 1.87. The van der Waals surface area contributed by atoms with Crippen LogP contribution in [0.3, 0.4) is 0 Å². The Hall–Kier alpha value is -2.81. The number of aromatic amines is 1. The van der Waals surface area contributed by atoms with Gasteiger partial charge in [0.25, 0.3) is 11.8 Å². The number of amides is 2. The number of rotatable bonds is 3. The molecule has 0 spiro atoms. The van der Waals surface area contributed by atoms with E-state index in [1.165, 1.54) is 11.5 Å². The predicted molar refractivity (Wildman–Crippen MR) is 77.2 cm³/mol. The first-order chi connectivity index (χ1) is 10.1. The van der Waals surface area contributed by atoms with Crippen molar-refractivity contribution in [2.45, 2.75) is 6.92 Å². The van der Waals surface area contributed by atoms with Crippen LogP contribution in [0, 0.1) is 6.92 Å². The molecule has 0 radical (unpaired) electrons. The van der Waals surface area contributed by atoms with Crippen molar-refractivity contribution in [3.05, 3.63) is 35.2 Å². The minimum Gasteiger partial charge on any atom is -0.364 e. The number of benzene rings is 1. The Morgan fingerprint density at radius 1 is 1.29 bits per heavy atom. The molecule has 8 nitrogen and oxygen atoms in total. The molecule has 21 heavy (non-hydrogen) atoms. The Labute approximate surface area is 122 Å². The van der Waals surface area contributed by atoms with Gasteiger partial charge in [0.1, 0.15) is 5.69 Å². The van der Waals surface area contributed by atoms with Gasteiger partial charge in [-0.2, -0.15) is 9.59 Å². The Morgan fingerprint density at radius 3 is 2.86 bits per heavy atom. The molecule has 0 atom stereocenters. The summed E-state index contributed by atoms with van der Waals surface area (Å²) in [5, 5.41) is 12.8. The lowest BCUT2D eigenvalue weighted by Gasteiger charge is -2.01. The Balaban J connectivity index is 1.96. The minimum atomic E-state index is -0.780. The van der Waals surface area contributed by atoms with Crippen molar-refractivity contribution >= 4 is 39.3 Å². The van der Waals surface area contributed by atoms with Gasteiger partial charge in [-0.15, -0.1) is 10.2 Å². The molecule has 0 saturated heterocycles.